The normalized spacial score (nSPS) is 20.2. The number of carbonyl (C=O) groups excluding carboxylic acids is 2. The molecule has 1 aromatic carbocycles. The van der Waals surface area contributed by atoms with Gasteiger partial charge in [0.15, 0.2) is 0 Å². The van der Waals surface area contributed by atoms with Crippen molar-refractivity contribution in [2.45, 2.75) is 70.9 Å². The first kappa shape index (κ1) is 21.5. The predicted octanol–water partition coefficient (Wildman–Crippen LogP) is 3.76. The van der Waals surface area contributed by atoms with Crippen LogP contribution in [0.3, 0.4) is 0 Å². The average molecular weight is 402 g/mol. The van der Waals surface area contributed by atoms with Gasteiger partial charge in [-0.05, 0) is 45.7 Å². The second kappa shape index (κ2) is 9.06. The van der Waals surface area contributed by atoms with Crippen LogP contribution in [0.1, 0.15) is 64.9 Å². The lowest BCUT2D eigenvalue weighted by molar-refractivity contribution is -0.131. The third-order valence-corrected chi connectivity index (χ3v) is 6.21. The number of para-hydroxylation sites is 1. The first-order chi connectivity index (χ1) is 13.9. The number of fused-ring (bicyclic) bond motifs is 1. The van der Waals surface area contributed by atoms with Crippen molar-refractivity contribution >= 4 is 11.9 Å². The second-order valence-corrected chi connectivity index (χ2v) is 8.59. The molecular formula is C23H35N3O3. The summed E-state index contributed by atoms with van der Waals surface area (Å²) in [5.74, 6) is 1.26. The Hall–Kier alpha value is -2.24. The van der Waals surface area contributed by atoms with Crippen molar-refractivity contribution in [3.8, 4) is 5.75 Å². The van der Waals surface area contributed by atoms with Gasteiger partial charge >= 0.3 is 6.03 Å². The second-order valence-electron chi connectivity index (χ2n) is 8.59. The number of hydrogen-bond acceptors (Lipinski definition) is 3. The van der Waals surface area contributed by atoms with Crippen LogP contribution >= 0.6 is 0 Å². The SMILES string of the molecule is CCN(CC)C(=O)C[C@H]1CC2(CCN(C(=O)NC(C)C)CC2)Oc2ccccc21. The van der Waals surface area contributed by atoms with Gasteiger partial charge in [-0.3, -0.25) is 4.79 Å². The van der Waals surface area contributed by atoms with Crippen molar-refractivity contribution in [1.82, 2.24) is 15.1 Å². The van der Waals surface area contributed by atoms with Gasteiger partial charge in [-0.1, -0.05) is 18.2 Å². The number of urea groups is 1. The fourth-order valence-electron chi connectivity index (χ4n) is 4.60. The number of nitrogens with zero attached hydrogens (tertiary/aromatic N) is 2. The Balaban J connectivity index is 1.74. The van der Waals surface area contributed by atoms with Gasteiger partial charge in [0.25, 0.3) is 0 Å². The summed E-state index contributed by atoms with van der Waals surface area (Å²) in [5, 5.41) is 2.98. The molecule has 1 aromatic rings. The van der Waals surface area contributed by atoms with Crippen LogP contribution in [0.2, 0.25) is 0 Å². The van der Waals surface area contributed by atoms with Gasteiger partial charge in [-0.25, -0.2) is 4.79 Å². The van der Waals surface area contributed by atoms with Crippen molar-refractivity contribution in [1.29, 1.82) is 0 Å². The molecule has 160 valence electrons. The number of nitrogens with one attached hydrogen (secondary N) is 1. The zero-order chi connectivity index (χ0) is 21.0. The summed E-state index contributed by atoms with van der Waals surface area (Å²) in [6, 6.07) is 8.25. The molecule has 0 saturated carbocycles. The Morgan fingerprint density at radius 2 is 1.86 bits per heavy atom. The zero-order valence-electron chi connectivity index (χ0n) is 18.2. The Bertz CT molecular complexity index is 722. The van der Waals surface area contributed by atoms with Crippen LogP contribution < -0.4 is 10.1 Å². The average Bonchev–Trinajstić information content (AvgIpc) is 2.69. The molecule has 1 saturated heterocycles. The molecule has 6 heteroatoms. The Morgan fingerprint density at radius 3 is 2.48 bits per heavy atom. The number of rotatable bonds is 5. The van der Waals surface area contributed by atoms with Crippen LogP contribution in [0.15, 0.2) is 24.3 Å². The van der Waals surface area contributed by atoms with Gasteiger partial charge in [-0.15, -0.1) is 0 Å². The molecule has 1 fully saturated rings. The van der Waals surface area contributed by atoms with Crippen LogP contribution in [0.5, 0.6) is 5.75 Å². The summed E-state index contributed by atoms with van der Waals surface area (Å²) in [6.07, 6.45) is 2.93. The molecule has 2 heterocycles. The molecule has 0 aliphatic carbocycles. The lowest BCUT2D eigenvalue weighted by Crippen LogP contribution is -2.54. The molecule has 1 atom stereocenters. The summed E-state index contributed by atoms with van der Waals surface area (Å²) in [6.45, 7) is 10.8. The first-order valence-electron chi connectivity index (χ1n) is 11.0. The lowest BCUT2D eigenvalue weighted by atomic mass is 9.76. The molecule has 2 aliphatic heterocycles. The minimum atomic E-state index is -0.294. The maximum absolute atomic E-state index is 12.8. The topological polar surface area (TPSA) is 61.9 Å². The van der Waals surface area contributed by atoms with Gasteiger partial charge < -0.3 is 19.9 Å². The maximum atomic E-state index is 12.8. The van der Waals surface area contributed by atoms with E-state index in [-0.39, 0.29) is 29.5 Å². The number of benzene rings is 1. The number of likely N-dealkylation sites (tertiary alicyclic amines) is 1. The standard InChI is InChI=1S/C23H35N3O3/c1-5-25(6-2)21(27)15-18-16-23(29-20-10-8-7-9-19(18)20)11-13-26(14-12-23)22(28)24-17(3)4/h7-10,17-18H,5-6,11-16H2,1-4H3,(H,24,28)/t18-/m0/s1. The van der Waals surface area contributed by atoms with Gasteiger partial charge in [-0.2, -0.15) is 0 Å². The van der Waals surface area contributed by atoms with E-state index in [9.17, 15) is 9.59 Å². The molecule has 3 amide bonds. The van der Waals surface area contributed by atoms with Crippen LogP contribution in [-0.4, -0.2) is 59.6 Å². The lowest BCUT2D eigenvalue weighted by Gasteiger charge is -2.47. The van der Waals surface area contributed by atoms with E-state index >= 15 is 0 Å². The third-order valence-electron chi connectivity index (χ3n) is 6.21. The van der Waals surface area contributed by atoms with Crippen LogP contribution in [0.25, 0.3) is 0 Å². The molecule has 3 rings (SSSR count). The van der Waals surface area contributed by atoms with Crippen LogP contribution in [-0.2, 0) is 4.79 Å². The molecule has 0 bridgehead atoms. The van der Waals surface area contributed by atoms with Crippen molar-refractivity contribution in [3.63, 3.8) is 0 Å². The van der Waals surface area contributed by atoms with Crippen LogP contribution in [0.4, 0.5) is 4.79 Å². The van der Waals surface area contributed by atoms with E-state index in [2.05, 4.69) is 11.4 Å². The zero-order valence-corrected chi connectivity index (χ0v) is 18.2. The molecule has 6 nitrogen and oxygen atoms in total. The molecule has 0 radical (unpaired) electrons. The molecule has 1 spiro atoms. The number of ether oxygens (including phenoxy) is 1. The highest BCUT2D eigenvalue weighted by atomic mass is 16.5. The first-order valence-corrected chi connectivity index (χ1v) is 11.0. The number of piperidine rings is 1. The number of hydrogen-bond donors (Lipinski definition) is 1. The monoisotopic (exact) mass is 401 g/mol. The van der Waals surface area contributed by atoms with E-state index < -0.39 is 0 Å². The fourth-order valence-corrected chi connectivity index (χ4v) is 4.60. The smallest absolute Gasteiger partial charge is 0.317 e. The molecule has 2 aliphatic rings. The van der Waals surface area contributed by atoms with Crippen molar-refractivity contribution < 1.29 is 14.3 Å². The van der Waals surface area contributed by atoms with E-state index in [1.54, 1.807) is 0 Å². The highest BCUT2D eigenvalue weighted by molar-refractivity contribution is 5.77. The minimum absolute atomic E-state index is 0.000629. The summed E-state index contributed by atoms with van der Waals surface area (Å²) < 4.78 is 6.51. The van der Waals surface area contributed by atoms with Gasteiger partial charge in [0.05, 0.1) is 0 Å². The Kier molecular flexibility index (Phi) is 6.70. The molecule has 1 N–H and O–H groups in total. The van der Waals surface area contributed by atoms with E-state index in [4.69, 9.17) is 4.74 Å². The number of carbonyl (C=O) groups is 2. The highest BCUT2D eigenvalue weighted by Crippen LogP contribution is 2.46. The molecule has 0 aromatic heterocycles. The van der Waals surface area contributed by atoms with E-state index in [0.717, 1.165) is 43.7 Å². The van der Waals surface area contributed by atoms with E-state index in [0.29, 0.717) is 19.5 Å². The summed E-state index contributed by atoms with van der Waals surface area (Å²) in [7, 11) is 0. The van der Waals surface area contributed by atoms with Gasteiger partial charge in [0.2, 0.25) is 5.91 Å². The quantitative estimate of drug-likeness (QED) is 0.817. The summed E-state index contributed by atoms with van der Waals surface area (Å²) >= 11 is 0. The van der Waals surface area contributed by atoms with Crippen molar-refractivity contribution in [2.24, 2.45) is 0 Å². The minimum Gasteiger partial charge on any atom is -0.487 e. The Labute approximate surface area is 174 Å². The van der Waals surface area contributed by atoms with Gasteiger partial charge in [0, 0.05) is 57.4 Å². The predicted molar refractivity (Wildman–Crippen MR) is 114 cm³/mol. The highest BCUT2D eigenvalue weighted by Gasteiger charge is 2.44. The maximum Gasteiger partial charge on any atom is 0.317 e. The van der Waals surface area contributed by atoms with Crippen molar-refractivity contribution in [3.05, 3.63) is 29.8 Å². The fraction of sp³-hybridized carbons (Fsp3) is 0.652. The van der Waals surface area contributed by atoms with E-state index in [1.165, 1.54) is 0 Å². The largest absolute Gasteiger partial charge is 0.487 e. The third kappa shape index (κ3) is 4.85. The Morgan fingerprint density at radius 1 is 1.21 bits per heavy atom. The number of amides is 3. The van der Waals surface area contributed by atoms with Crippen molar-refractivity contribution in [2.75, 3.05) is 26.2 Å². The molecule has 0 unspecified atom stereocenters. The molecule has 29 heavy (non-hydrogen) atoms. The summed E-state index contributed by atoms with van der Waals surface area (Å²) in [5.41, 5.74) is 0.843. The van der Waals surface area contributed by atoms with Gasteiger partial charge in [0.1, 0.15) is 11.4 Å². The summed E-state index contributed by atoms with van der Waals surface area (Å²) in [4.78, 5) is 29.0. The van der Waals surface area contributed by atoms with E-state index in [1.807, 2.05) is 55.7 Å². The molecular weight excluding hydrogens is 366 g/mol. The van der Waals surface area contributed by atoms with Crippen LogP contribution in [0, 0.1) is 0 Å².